The summed E-state index contributed by atoms with van der Waals surface area (Å²) in [6.07, 6.45) is 5.37. The van der Waals surface area contributed by atoms with Crippen molar-refractivity contribution in [3.8, 4) is 5.75 Å². The summed E-state index contributed by atoms with van der Waals surface area (Å²) in [4.78, 5) is 27.1. The highest BCUT2D eigenvalue weighted by molar-refractivity contribution is 5.91. The number of aldehydes is 2. The molecule has 2 heterocycles. The lowest BCUT2D eigenvalue weighted by molar-refractivity contribution is 0.111. The molecule has 2 aromatic heterocycles. The third-order valence-electron chi connectivity index (χ3n) is 3.80. The van der Waals surface area contributed by atoms with Crippen molar-refractivity contribution in [2.45, 2.75) is 6.92 Å². The summed E-state index contributed by atoms with van der Waals surface area (Å²) < 4.78 is 5.44. The second-order valence-corrected chi connectivity index (χ2v) is 5.45. The van der Waals surface area contributed by atoms with Gasteiger partial charge in [-0.25, -0.2) is 0 Å². The third kappa shape index (κ3) is 3.61. The molecule has 4 rings (SSSR count). The number of fused-ring (bicyclic) bond motifs is 2. The Hall–Kier alpha value is -3.34. The Labute approximate surface area is 144 Å². The topological polar surface area (TPSA) is 75.0 Å². The fourth-order valence-corrected chi connectivity index (χ4v) is 2.64. The number of rotatable bonds is 4. The molecule has 0 saturated heterocycles. The van der Waals surface area contributed by atoms with Crippen LogP contribution in [0, 0.1) is 0 Å². The van der Waals surface area contributed by atoms with Crippen molar-refractivity contribution in [2.75, 3.05) is 6.61 Å². The van der Waals surface area contributed by atoms with Gasteiger partial charge in [-0.3, -0.25) is 9.59 Å². The van der Waals surface area contributed by atoms with E-state index in [1.807, 2.05) is 55.7 Å². The number of benzene rings is 2. The summed E-state index contributed by atoms with van der Waals surface area (Å²) >= 11 is 0. The number of carbonyl (C=O) groups is 2. The number of aromatic amines is 2. The summed E-state index contributed by atoms with van der Waals surface area (Å²) in [5.41, 5.74) is 3.27. The fourth-order valence-electron chi connectivity index (χ4n) is 2.64. The van der Waals surface area contributed by atoms with Crippen LogP contribution >= 0.6 is 0 Å². The van der Waals surface area contributed by atoms with Crippen LogP contribution < -0.4 is 4.74 Å². The Balaban J connectivity index is 0.000000150. The lowest BCUT2D eigenvalue weighted by Gasteiger charge is -2.05. The van der Waals surface area contributed by atoms with Gasteiger partial charge in [-0.05, 0) is 42.6 Å². The van der Waals surface area contributed by atoms with Crippen LogP contribution in [-0.2, 0) is 0 Å². The molecule has 2 aromatic carbocycles. The Morgan fingerprint density at radius 3 is 2.36 bits per heavy atom. The largest absolute Gasteiger partial charge is 0.493 e. The maximum Gasteiger partial charge on any atom is 0.150 e. The first-order valence-electron chi connectivity index (χ1n) is 7.96. The van der Waals surface area contributed by atoms with Gasteiger partial charge in [0.2, 0.25) is 0 Å². The van der Waals surface area contributed by atoms with Gasteiger partial charge < -0.3 is 14.7 Å². The lowest BCUT2D eigenvalue weighted by atomic mass is 10.1. The summed E-state index contributed by atoms with van der Waals surface area (Å²) in [7, 11) is 0. The molecule has 0 unspecified atom stereocenters. The summed E-state index contributed by atoms with van der Waals surface area (Å²) in [5, 5.41) is 2.15. The molecule has 0 fully saturated rings. The van der Waals surface area contributed by atoms with Gasteiger partial charge in [0, 0.05) is 39.9 Å². The first-order chi connectivity index (χ1) is 12.2. The van der Waals surface area contributed by atoms with Crippen LogP contribution in [0.15, 0.2) is 54.9 Å². The van der Waals surface area contributed by atoms with Crippen LogP contribution in [0.1, 0.15) is 27.6 Å². The fraction of sp³-hybridized carbons (Fsp3) is 0.100. The Kier molecular flexibility index (Phi) is 4.95. The predicted molar refractivity (Wildman–Crippen MR) is 98.5 cm³/mol. The molecule has 0 atom stereocenters. The van der Waals surface area contributed by atoms with E-state index in [4.69, 9.17) is 4.74 Å². The van der Waals surface area contributed by atoms with Crippen LogP contribution in [0.4, 0.5) is 0 Å². The molecule has 4 aromatic rings. The van der Waals surface area contributed by atoms with Gasteiger partial charge in [-0.1, -0.05) is 12.1 Å². The van der Waals surface area contributed by atoms with E-state index in [9.17, 15) is 9.59 Å². The SMILES string of the molecule is CCOc1cc(C=O)cc2[nH]ccc12.O=Cc1ccc2cc[nH]c2c1. The second-order valence-electron chi connectivity index (χ2n) is 5.45. The van der Waals surface area contributed by atoms with Crippen molar-refractivity contribution in [2.24, 2.45) is 0 Å². The molecule has 2 N–H and O–H groups in total. The molecule has 126 valence electrons. The Morgan fingerprint density at radius 2 is 1.60 bits per heavy atom. The number of hydrogen-bond donors (Lipinski definition) is 2. The molecular formula is C20H18N2O3. The first kappa shape index (κ1) is 16.5. The number of hydrogen-bond acceptors (Lipinski definition) is 3. The first-order valence-corrected chi connectivity index (χ1v) is 7.96. The van der Waals surface area contributed by atoms with E-state index < -0.39 is 0 Å². The highest BCUT2D eigenvalue weighted by Crippen LogP contribution is 2.26. The standard InChI is InChI=1S/C11H11NO2.C9H7NO/c1-2-14-11-6-8(7-13)5-10-9(11)3-4-12-10;11-6-7-1-2-8-3-4-10-9(8)5-7/h3-7,12H,2H2,1H3;1-6,10H. The Bertz CT molecular complexity index is 1010. The number of aromatic nitrogens is 2. The zero-order valence-corrected chi connectivity index (χ0v) is 13.8. The van der Waals surface area contributed by atoms with E-state index in [2.05, 4.69) is 9.97 Å². The molecule has 0 aliphatic rings. The van der Waals surface area contributed by atoms with Crippen molar-refractivity contribution < 1.29 is 14.3 Å². The number of H-pyrrole nitrogens is 2. The average Bonchev–Trinajstić information content (AvgIpc) is 3.30. The highest BCUT2D eigenvalue weighted by atomic mass is 16.5. The smallest absolute Gasteiger partial charge is 0.150 e. The van der Waals surface area contributed by atoms with Crippen LogP contribution in [0.2, 0.25) is 0 Å². The molecule has 0 bridgehead atoms. The quantitative estimate of drug-likeness (QED) is 0.545. The molecule has 0 saturated carbocycles. The minimum Gasteiger partial charge on any atom is -0.493 e. The van der Waals surface area contributed by atoms with Crippen molar-refractivity contribution in [3.63, 3.8) is 0 Å². The molecular weight excluding hydrogens is 316 g/mol. The molecule has 5 nitrogen and oxygen atoms in total. The monoisotopic (exact) mass is 334 g/mol. The van der Waals surface area contributed by atoms with Gasteiger partial charge in [0.05, 0.1) is 6.61 Å². The molecule has 0 spiro atoms. The minimum absolute atomic E-state index is 0.600. The molecule has 0 radical (unpaired) electrons. The Morgan fingerprint density at radius 1 is 0.880 bits per heavy atom. The summed E-state index contributed by atoms with van der Waals surface area (Å²) in [6.45, 7) is 2.52. The van der Waals surface area contributed by atoms with E-state index in [-0.39, 0.29) is 0 Å². The van der Waals surface area contributed by atoms with Crippen LogP contribution in [0.5, 0.6) is 5.75 Å². The predicted octanol–water partition coefficient (Wildman–Crippen LogP) is 4.36. The third-order valence-corrected chi connectivity index (χ3v) is 3.80. The van der Waals surface area contributed by atoms with E-state index in [1.54, 1.807) is 6.07 Å². The zero-order chi connectivity index (χ0) is 17.6. The molecule has 5 heteroatoms. The van der Waals surface area contributed by atoms with Crippen LogP contribution in [-0.4, -0.2) is 29.1 Å². The second kappa shape index (κ2) is 7.49. The average molecular weight is 334 g/mol. The normalized spacial score (nSPS) is 10.3. The van der Waals surface area contributed by atoms with Gasteiger partial charge in [0.1, 0.15) is 18.3 Å². The van der Waals surface area contributed by atoms with Gasteiger partial charge in [0.15, 0.2) is 0 Å². The maximum absolute atomic E-state index is 10.7. The zero-order valence-electron chi connectivity index (χ0n) is 13.8. The molecule has 0 aliphatic heterocycles. The molecule has 0 aliphatic carbocycles. The van der Waals surface area contributed by atoms with Gasteiger partial charge in [0.25, 0.3) is 0 Å². The van der Waals surface area contributed by atoms with Gasteiger partial charge in [-0.2, -0.15) is 0 Å². The van der Waals surface area contributed by atoms with Crippen molar-refractivity contribution in [3.05, 3.63) is 66.0 Å². The van der Waals surface area contributed by atoms with Crippen molar-refractivity contribution >= 4 is 34.4 Å². The number of carbonyl (C=O) groups excluding carboxylic acids is 2. The van der Waals surface area contributed by atoms with E-state index >= 15 is 0 Å². The van der Waals surface area contributed by atoms with Crippen molar-refractivity contribution in [1.29, 1.82) is 0 Å². The number of ether oxygens (including phenoxy) is 1. The highest BCUT2D eigenvalue weighted by Gasteiger charge is 2.04. The van der Waals surface area contributed by atoms with Gasteiger partial charge >= 0.3 is 0 Å². The molecule has 25 heavy (non-hydrogen) atoms. The van der Waals surface area contributed by atoms with E-state index in [1.165, 1.54) is 0 Å². The maximum atomic E-state index is 10.7. The summed E-state index contributed by atoms with van der Waals surface area (Å²) in [5.74, 6) is 0.758. The number of nitrogens with one attached hydrogen (secondary N) is 2. The van der Waals surface area contributed by atoms with Gasteiger partial charge in [-0.15, -0.1) is 0 Å². The van der Waals surface area contributed by atoms with Crippen molar-refractivity contribution in [1.82, 2.24) is 9.97 Å². The van der Waals surface area contributed by atoms with Crippen LogP contribution in [0.3, 0.4) is 0 Å². The van der Waals surface area contributed by atoms with E-state index in [0.717, 1.165) is 40.1 Å². The lowest BCUT2D eigenvalue weighted by Crippen LogP contribution is -1.93. The minimum atomic E-state index is 0.600. The molecule has 0 amide bonds. The summed E-state index contributed by atoms with van der Waals surface area (Å²) in [6, 6.07) is 13.1. The van der Waals surface area contributed by atoms with E-state index in [0.29, 0.717) is 17.7 Å². The van der Waals surface area contributed by atoms with Crippen LogP contribution in [0.25, 0.3) is 21.8 Å².